The van der Waals surface area contributed by atoms with Gasteiger partial charge >= 0.3 is 5.97 Å². The van der Waals surface area contributed by atoms with E-state index >= 15 is 0 Å². The summed E-state index contributed by atoms with van der Waals surface area (Å²) in [5.41, 5.74) is 2.64. The number of nitrogens with zero attached hydrogens (tertiary/aromatic N) is 2. The van der Waals surface area contributed by atoms with Crippen LogP contribution < -0.4 is 15.4 Å². The van der Waals surface area contributed by atoms with E-state index in [1.54, 1.807) is 13.8 Å². The van der Waals surface area contributed by atoms with Crippen LogP contribution in [0.2, 0.25) is 0 Å². The Hall–Kier alpha value is -3.53. The number of esters is 1. The van der Waals surface area contributed by atoms with Crippen LogP contribution in [0.3, 0.4) is 0 Å². The standard InChI is InChI=1S/C26H32N4O5S/c1-3-34-26(33)23(28-24(31)14-9-19(2)29-30-36-17-25(32)27-18-36)15-20-10-12-22(13-11-20)35-16-21-7-5-4-6-8-21/h4-8,10-13,23H,3,9,14-18H2,1-2H3,(H,27,32)(H,28,31)/b29-19+. The molecule has 1 aliphatic rings. The summed E-state index contributed by atoms with van der Waals surface area (Å²) in [5, 5.41) is 9.65. The summed E-state index contributed by atoms with van der Waals surface area (Å²) in [5.74, 6) is 0.822. The largest absolute Gasteiger partial charge is 0.489 e. The molecule has 0 spiro atoms. The Bertz CT molecular complexity index is 1100. The molecule has 10 heteroatoms. The average Bonchev–Trinajstić information content (AvgIpc) is 3.31. The van der Waals surface area contributed by atoms with Crippen LogP contribution in [0.1, 0.15) is 37.8 Å². The van der Waals surface area contributed by atoms with Crippen molar-refractivity contribution in [1.82, 2.24) is 10.6 Å². The zero-order valence-electron chi connectivity index (χ0n) is 20.6. The second-order valence-electron chi connectivity index (χ2n) is 8.26. The molecule has 1 aliphatic heterocycles. The lowest BCUT2D eigenvalue weighted by Gasteiger charge is -2.18. The number of rotatable bonds is 12. The monoisotopic (exact) mass is 512 g/mol. The molecule has 2 N–H and O–H groups in total. The van der Waals surface area contributed by atoms with Gasteiger partial charge in [0.2, 0.25) is 11.8 Å². The summed E-state index contributed by atoms with van der Waals surface area (Å²) in [4.78, 5) is 36.3. The van der Waals surface area contributed by atoms with Gasteiger partial charge in [0.1, 0.15) is 18.4 Å². The maximum atomic E-state index is 12.6. The molecular weight excluding hydrogens is 480 g/mol. The summed E-state index contributed by atoms with van der Waals surface area (Å²) >= 11 is 0. The van der Waals surface area contributed by atoms with Crippen LogP contribution >= 0.6 is 0 Å². The Morgan fingerprint density at radius 2 is 1.83 bits per heavy atom. The maximum Gasteiger partial charge on any atom is 0.328 e. The van der Waals surface area contributed by atoms with E-state index in [2.05, 4.69) is 20.2 Å². The summed E-state index contributed by atoms with van der Waals surface area (Å²) in [6.45, 7) is 4.21. The second kappa shape index (κ2) is 14.1. The van der Waals surface area contributed by atoms with Crippen molar-refractivity contribution in [2.75, 3.05) is 18.2 Å². The van der Waals surface area contributed by atoms with Crippen molar-refractivity contribution in [3.63, 3.8) is 0 Å². The Labute approximate surface area is 213 Å². The van der Waals surface area contributed by atoms with E-state index in [1.807, 2.05) is 54.6 Å². The average molecular weight is 513 g/mol. The molecule has 1 saturated heterocycles. The fraction of sp³-hybridized carbons (Fsp3) is 0.385. The van der Waals surface area contributed by atoms with Crippen molar-refractivity contribution in [2.45, 2.75) is 45.8 Å². The molecule has 3 rings (SSSR count). The molecule has 2 unspecified atom stereocenters. The molecular formula is C26H32N4O5S. The van der Waals surface area contributed by atoms with Gasteiger partial charge in [-0.05, 0) is 54.2 Å². The van der Waals surface area contributed by atoms with E-state index in [-0.39, 0.29) is 24.8 Å². The van der Waals surface area contributed by atoms with E-state index in [4.69, 9.17) is 9.47 Å². The number of carbonyl (C=O) groups excluding carboxylic acids is 3. The van der Waals surface area contributed by atoms with Gasteiger partial charge in [0.15, 0.2) is 0 Å². The third-order valence-corrected chi connectivity index (χ3v) is 6.68. The van der Waals surface area contributed by atoms with Gasteiger partial charge < -0.3 is 20.1 Å². The van der Waals surface area contributed by atoms with Gasteiger partial charge in [-0.25, -0.2) is 4.79 Å². The molecule has 2 amide bonds. The lowest BCUT2D eigenvalue weighted by atomic mass is 10.1. The number of hydrogen-bond acceptors (Lipinski definition) is 6. The third kappa shape index (κ3) is 9.26. The van der Waals surface area contributed by atoms with Gasteiger partial charge in [-0.15, -0.1) is 4.47 Å². The molecule has 2 aromatic rings. The van der Waals surface area contributed by atoms with Crippen molar-refractivity contribution in [1.29, 1.82) is 0 Å². The number of amides is 2. The summed E-state index contributed by atoms with van der Waals surface area (Å²) in [7, 11) is -0.440. The first kappa shape index (κ1) is 27.1. The molecule has 2 atom stereocenters. The molecule has 192 valence electrons. The molecule has 9 nitrogen and oxygen atoms in total. The number of hydrogen-bond donors (Lipinski definition) is 2. The lowest BCUT2D eigenvalue weighted by Crippen LogP contribution is -2.43. The van der Waals surface area contributed by atoms with E-state index in [1.165, 1.54) is 0 Å². The van der Waals surface area contributed by atoms with E-state index in [0.29, 0.717) is 36.8 Å². The molecule has 1 fully saturated rings. The first-order valence-electron chi connectivity index (χ1n) is 11.8. The molecule has 0 bridgehead atoms. The highest BCUT2D eigenvalue weighted by molar-refractivity contribution is 7.88. The van der Waals surface area contributed by atoms with Crippen molar-refractivity contribution in [2.24, 2.45) is 9.57 Å². The SMILES string of the molecule is CCOC(=O)C(Cc1ccc(OCc2ccccc2)cc1)NC(=O)CC/C(C)=N/N=S1\CNC(=O)C1. The number of ether oxygens (including phenoxy) is 2. The van der Waals surface area contributed by atoms with E-state index in [0.717, 1.165) is 16.9 Å². The highest BCUT2D eigenvalue weighted by atomic mass is 32.2. The summed E-state index contributed by atoms with van der Waals surface area (Å²) in [6, 6.07) is 16.5. The Morgan fingerprint density at radius 1 is 1.08 bits per heavy atom. The van der Waals surface area contributed by atoms with Crippen LogP contribution in [-0.2, 0) is 42.8 Å². The lowest BCUT2D eigenvalue weighted by molar-refractivity contribution is -0.147. The summed E-state index contributed by atoms with van der Waals surface area (Å²) < 4.78 is 15.2. The van der Waals surface area contributed by atoms with Crippen LogP contribution in [0.4, 0.5) is 0 Å². The predicted molar refractivity (Wildman–Crippen MR) is 139 cm³/mol. The van der Waals surface area contributed by atoms with Gasteiger partial charge in [-0.3, -0.25) is 9.59 Å². The second-order valence-corrected chi connectivity index (χ2v) is 9.93. The minimum atomic E-state index is -0.799. The van der Waals surface area contributed by atoms with Crippen molar-refractivity contribution >= 4 is 34.2 Å². The molecule has 0 radical (unpaired) electrons. The van der Waals surface area contributed by atoms with Gasteiger partial charge in [-0.1, -0.05) is 42.5 Å². The predicted octanol–water partition coefficient (Wildman–Crippen LogP) is 2.90. The Kier molecular flexibility index (Phi) is 10.6. The normalized spacial score (nSPS) is 16.3. The third-order valence-electron chi connectivity index (χ3n) is 5.29. The smallest absolute Gasteiger partial charge is 0.328 e. The molecule has 0 aliphatic carbocycles. The van der Waals surface area contributed by atoms with E-state index in [9.17, 15) is 14.4 Å². The van der Waals surface area contributed by atoms with Gasteiger partial charge in [-0.2, -0.15) is 5.10 Å². The molecule has 0 aromatic heterocycles. The number of benzene rings is 2. The highest BCUT2D eigenvalue weighted by Gasteiger charge is 2.22. The van der Waals surface area contributed by atoms with Crippen LogP contribution in [0.15, 0.2) is 64.2 Å². The topological polar surface area (TPSA) is 118 Å². The van der Waals surface area contributed by atoms with Crippen molar-refractivity contribution < 1.29 is 23.9 Å². The Morgan fingerprint density at radius 3 is 2.50 bits per heavy atom. The zero-order chi connectivity index (χ0) is 25.8. The van der Waals surface area contributed by atoms with Gasteiger partial charge in [0.05, 0.1) is 18.2 Å². The van der Waals surface area contributed by atoms with Crippen LogP contribution in [0.5, 0.6) is 5.75 Å². The molecule has 1 heterocycles. The highest BCUT2D eigenvalue weighted by Crippen LogP contribution is 2.16. The zero-order valence-corrected chi connectivity index (χ0v) is 21.4. The minimum Gasteiger partial charge on any atom is -0.489 e. The fourth-order valence-corrected chi connectivity index (χ4v) is 4.55. The first-order valence-corrected chi connectivity index (χ1v) is 13.3. The molecule has 36 heavy (non-hydrogen) atoms. The summed E-state index contributed by atoms with van der Waals surface area (Å²) in [6.07, 6.45) is 0.866. The van der Waals surface area contributed by atoms with Crippen LogP contribution in [0.25, 0.3) is 0 Å². The number of nitrogens with one attached hydrogen (secondary N) is 2. The minimum absolute atomic E-state index is 0.0197. The fourth-order valence-electron chi connectivity index (χ4n) is 3.35. The van der Waals surface area contributed by atoms with Crippen molar-refractivity contribution in [3.8, 4) is 5.75 Å². The van der Waals surface area contributed by atoms with Crippen molar-refractivity contribution in [3.05, 3.63) is 65.7 Å². The van der Waals surface area contributed by atoms with Gasteiger partial charge in [0, 0.05) is 18.6 Å². The van der Waals surface area contributed by atoms with E-state index < -0.39 is 22.7 Å². The van der Waals surface area contributed by atoms with Crippen LogP contribution in [-0.4, -0.2) is 47.8 Å². The Balaban J connectivity index is 1.52. The van der Waals surface area contributed by atoms with Crippen LogP contribution in [0, 0.1) is 0 Å². The molecule has 0 saturated carbocycles. The maximum absolute atomic E-state index is 12.6. The number of carbonyl (C=O) groups is 3. The first-order chi connectivity index (χ1) is 17.4. The molecule has 2 aromatic carbocycles. The quantitative estimate of drug-likeness (QED) is 0.258. The van der Waals surface area contributed by atoms with Gasteiger partial charge in [0.25, 0.3) is 0 Å².